The molecule has 1 atom stereocenters. The van der Waals surface area contributed by atoms with Gasteiger partial charge in [0.1, 0.15) is 23.4 Å². The van der Waals surface area contributed by atoms with Crippen LogP contribution in [0.15, 0.2) is 41.3 Å². The van der Waals surface area contributed by atoms with Crippen LogP contribution in [-0.2, 0) is 22.7 Å². The van der Waals surface area contributed by atoms with Crippen LogP contribution in [0.3, 0.4) is 0 Å². The topological polar surface area (TPSA) is 113 Å². The first-order valence-electron chi connectivity index (χ1n) is 12.4. The van der Waals surface area contributed by atoms with Crippen molar-refractivity contribution < 1.29 is 18.8 Å². The monoisotopic (exact) mass is 539 g/mol. The number of hydrogen-bond donors (Lipinski definition) is 2. The minimum absolute atomic E-state index is 0.0698. The molecule has 198 valence electrons. The number of likely N-dealkylation sites (tertiary alicyclic amines) is 1. The highest BCUT2D eigenvalue weighted by atomic mass is 35.5. The van der Waals surface area contributed by atoms with Crippen molar-refractivity contribution in [3.8, 4) is 0 Å². The molecule has 9 nitrogen and oxygen atoms in total. The smallest absolute Gasteiger partial charge is 0.265 e. The van der Waals surface area contributed by atoms with Crippen molar-refractivity contribution in [3.63, 3.8) is 0 Å². The van der Waals surface area contributed by atoms with E-state index < -0.39 is 35.5 Å². The first-order chi connectivity index (χ1) is 18.1. The van der Waals surface area contributed by atoms with Gasteiger partial charge >= 0.3 is 0 Å². The number of hydrogen-bond acceptors (Lipinski definition) is 5. The van der Waals surface area contributed by atoms with Crippen molar-refractivity contribution in [1.82, 2.24) is 19.8 Å². The van der Waals surface area contributed by atoms with Crippen LogP contribution in [0.2, 0.25) is 5.02 Å². The Labute approximate surface area is 223 Å². The SMILES string of the molecule is CCCC1C(=O)Nc2cnc3c(cc(C(=O)NCc4ccc(Cl)cc4)c(=O)n3CC(=O)N3CC(C)(F)C3)c21. The zero-order valence-electron chi connectivity index (χ0n) is 21.0. The van der Waals surface area contributed by atoms with E-state index in [1.54, 1.807) is 24.3 Å². The number of aromatic nitrogens is 2. The van der Waals surface area contributed by atoms with Gasteiger partial charge in [0.15, 0.2) is 0 Å². The summed E-state index contributed by atoms with van der Waals surface area (Å²) in [6, 6.07) is 8.36. The Morgan fingerprint density at radius 1 is 1.24 bits per heavy atom. The van der Waals surface area contributed by atoms with E-state index in [9.17, 15) is 23.6 Å². The molecule has 2 aliphatic rings. The predicted octanol–water partition coefficient (Wildman–Crippen LogP) is 3.39. The van der Waals surface area contributed by atoms with Gasteiger partial charge in [0.05, 0.1) is 30.9 Å². The third-order valence-corrected chi connectivity index (χ3v) is 7.21. The molecule has 0 spiro atoms. The molecule has 3 amide bonds. The van der Waals surface area contributed by atoms with Crippen molar-refractivity contribution in [2.24, 2.45) is 0 Å². The number of carbonyl (C=O) groups excluding carboxylic acids is 3. The van der Waals surface area contributed by atoms with Gasteiger partial charge in [-0.25, -0.2) is 9.37 Å². The molecule has 2 N–H and O–H groups in total. The van der Waals surface area contributed by atoms with Crippen molar-refractivity contribution in [2.45, 2.75) is 51.4 Å². The zero-order valence-corrected chi connectivity index (χ0v) is 21.8. The average molecular weight is 540 g/mol. The van der Waals surface area contributed by atoms with Gasteiger partial charge < -0.3 is 15.5 Å². The van der Waals surface area contributed by atoms with E-state index in [2.05, 4.69) is 15.6 Å². The molecule has 4 heterocycles. The second-order valence-corrected chi connectivity index (χ2v) is 10.5. The summed E-state index contributed by atoms with van der Waals surface area (Å²) >= 11 is 5.93. The first kappa shape index (κ1) is 25.8. The highest BCUT2D eigenvalue weighted by Crippen LogP contribution is 2.39. The third kappa shape index (κ3) is 4.76. The molecule has 0 bridgehead atoms. The lowest BCUT2D eigenvalue weighted by Crippen LogP contribution is -2.60. The average Bonchev–Trinajstić information content (AvgIpc) is 3.18. The van der Waals surface area contributed by atoms with Crippen molar-refractivity contribution in [2.75, 3.05) is 18.4 Å². The fraction of sp³-hybridized carbons (Fsp3) is 0.370. The lowest BCUT2D eigenvalue weighted by molar-refractivity contribution is -0.144. The van der Waals surface area contributed by atoms with Gasteiger partial charge in [-0.1, -0.05) is 37.1 Å². The summed E-state index contributed by atoms with van der Waals surface area (Å²) in [5.74, 6) is -1.74. The largest absolute Gasteiger partial charge is 0.348 e. The Morgan fingerprint density at radius 3 is 2.61 bits per heavy atom. The standard InChI is InChI=1S/C27H27ClFN5O4/c1-3-4-17-22-18-9-19(24(36)31-10-15-5-7-16(28)8-6-15)26(38)34(12-21(35)33-13-27(2,29)14-33)23(18)30-11-20(22)32-25(17)37/h5-9,11,17H,3-4,10,12-14H2,1-2H3,(H,31,36)(H,32,37). The van der Waals surface area contributed by atoms with Crippen LogP contribution in [-0.4, -0.2) is 50.9 Å². The summed E-state index contributed by atoms with van der Waals surface area (Å²) in [4.78, 5) is 58.2. The second kappa shape index (κ2) is 9.83. The number of nitrogens with zero attached hydrogens (tertiary/aromatic N) is 3. The van der Waals surface area contributed by atoms with E-state index in [0.29, 0.717) is 28.1 Å². The van der Waals surface area contributed by atoms with Gasteiger partial charge in [-0.05, 0) is 37.1 Å². The molecule has 2 aliphatic heterocycles. The molecule has 38 heavy (non-hydrogen) atoms. The summed E-state index contributed by atoms with van der Waals surface area (Å²) < 4.78 is 15.2. The molecule has 5 rings (SSSR count). The molecular formula is C27H27ClFN5O4. The second-order valence-electron chi connectivity index (χ2n) is 10.1. The fourth-order valence-corrected chi connectivity index (χ4v) is 5.20. The Bertz CT molecular complexity index is 1510. The molecule has 1 unspecified atom stereocenters. The maximum absolute atomic E-state index is 14.0. The van der Waals surface area contributed by atoms with E-state index >= 15 is 0 Å². The van der Waals surface area contributed by atoms with E-state index in [-0.39, 0.29) is 36.8 Å². The Morgan fingerprint density at radius 2 is 1.95 bits per heavy atom. The molecule has 0 aliphatic carbocycles. The van der Waals surface area contributed by atoms with Crippen LogP contribution >= 0.6 is 11.6 Å². The normalized spacial score (nSPS) is 17.6. The zero-order chi connectivity index (χ0) is 27.2. The van der Waals surface area contributed by atoms with Gasteiger partial charge in [0.25, 0.3) is 11.5 Å². The molecule has 1 aromatic carbocycles. The highest BCUT2D eigenvalue weighted by molar-refractivity contribution is 6.30. The van der Waals surface area contributed by atoms with E-state index in [4.69, 9.17) is 11.6 Å². The maximum atomic E-state index is 14.0. The number of amides is 3. The quantitative estimate of drug-likeness (QED) is 0.478. The molecule has 0 saturated carbocycles. The molecule has 11 heteroatoms. The predicted molar refractivity (Wildman–Crippen MR) is 141 cm³/mol. The maximum Gasteiger partial charge on any atom is 0.265 e. The fourth-order valence-electron chi connectivity index (χ4n) is 5.08. The van der Waals surface area contributed by atoms with Crippen LogP contribution in [0.4, 0.5) is 10.1 Å². The lowest BCUT2D eigenvalue weighted by atomic mass is 9.93. The van der Waals surface area contributed by atoms with Crippen molar-refractivity contribution in [1.29, 1.82) is 0 Å². The number of carbonyl (C=O) groups is 3. The number of halogens is 2. The lowest BCUT2D eigenvalue weighted by Gasteiger charge is -2.42. The van der Waals surface area contributed by atoms with Crippen LogP contribution in [0.25, 0.3) is 11.0 Å². The number of fused-ring (bicyclic) bond motifs is 3. The Balaban J connectivity index is 1.57. The van der Waals surface area contributed by atoms with Crippen LogP contribution in [0, 0.1) is 0 Å². The molecular weight excluding hydrogens is 513 g/mol. The number of alkyl halides is 1. The Kier molecular flexibility index (Phi) is 6.68. The van der Waals surface area contributed by atoms with Gasteiger partial charge in [-0.3, -0.25) is 23.7 Å². The van der Waals surface area contributed by atoms with Crippen LogP contribution in [0.1, 0.15) is 54.1 Å². The number of nitrogens with one attached hydrogen (secondary N) is 2. The number of rotatable bonds is 7. The van der Waals surface area contributed by atoms with Gasteiger partial charge in [-0.15, -0.1) is 0 Å². The Hall–Kier alpha value is -3.79. The van der Waals surface area contributed by atoms with E-state index in [1.807, 2.05) is 6.92 Å². The summed E-state index contributed by atoms with van der Waals surface area (Å²) in [7, 11) is 0. The molecule has 3 aromatic rings. The number of pyridine rings is 2. The highest BCUT2D eigenvalue weighted by Gasteiger charge is 2.41. The van der Waals surface area contributed by atoms with Crippen molar-refractivity contribution in [3.05, 3.63) is 68.6 Å². The summed E-state index contributed by atoms with van der Waals surface area (Å²) in [5, 5.41) is 6.58. The molecule has 0 radical (unpaired) electrons. The molecule has 1 saturated heterocycles. The first-order valence-corrected chi connectivity index (χ1v) is 12.8. The van der Waals surface area contributed by atoms with Gasteiger partial charge in [-0.2, -0.15) is 0 Å². The van der Waals surface area contributed by atoms with E-state index in [1.165, 1.54) is 24.1 Å². The minimum Gasteiger partial charge on any atom is -0.348 e. The third-order valence-electron chi connectivity index (χ3n) is 6.96. The molecule has 1 fully saturated rings. The molecule has 2 aromatic heterocycles. The van der Waals surface area contributed by atoms with E-state index in [0.717, 1.165) is 16.6 Å². The summed E-state index contributed by atoms with van der Waals surface area (Å²) in [6.07, 6.45) is 2.77. The van der Waals surface area contributed by atoms with Gasteiger partial charge in [0.2, 0.25) is 11.8 Å². The minimum atomic E-state index is -1.47. The summed E-state index contributed by atoms with van der Waals surface area (Å²) in [6.45, 7) is 2.98. The van der Waals surface area contributed by atoms with Crippen LogP contribution in [0.5, 0.6) is 0 Å². The van der Waals surface area contributed by atoms with Crippen LogP contribution < -0.4 is 16.2 Å². The summed E-state index contributed by atoms with van der Waals surface area (Å²) in [5.41, 5.74) is -0.201. The van der Waals surface area contributed by atoms with Gasteiger partial charge in [0, 0.05) is 22.5 Å². The number of benzene rings is 1. The number of anilines is 1. The van der Waals surface area contributed by atoms with Crippen molar-refractivity contribution >= 4 is 46.0 Å².